The number of benzene rings is 2. The van der Waals surface area contributed by atoms with E-state index in [0.29, 0.717) is 17.4 Å². The third-order valence-electron chi connectivity index (χ3n) is 6.17. The zero-order valence-electron chi connectivity index (χ0n) is 16.0. The standard InChI is InChI=1S/C25H28O2/c1-4-25(17-27)14-13-23(18(2)3)24(15-25)22-11-9-21(10-12-22)20-7-5-19(16-26)6-8-20/h4-12,16,23-24,27H,1-2,13-15,17H2,3H3/t23-,24-,25-/m0/s1. The van der Waals surface area contributed by atoms with Crippen LogP contribution in [0.15, 0.2) is 73.3 Å². The average Bonchev–Trinajstić information content (AvgIpc) is 2.73. The van der Waals surface area contributed by atoms with Gasteiger partial charge in [0.2, 0.25) is 0 Å². The molecule has 2 aromatic rings. The maximum absolute atomic E-state index is 10.8. The molecule has 1 saturated carbocycles. The van der Waals surface area contributed by atoms with Gasteiger partial charge in [-0.2, -0.15) is 0 Å². The summed E-state index contributed by atoms with van der Waals surface area (Å²) in [6, 6.07) is 16.3. The van der Waals surface area contributed by atoms with Gasteiger partial charge in [0, 0.05) is 11.0 Å². The number of aliphatic hydroxyl groups excluding tert-OH is 1. The number of aliphatic hydroxyl groups is 1. The van der Waals surface area contributed by atoms with Crippen LogP contribution in [0.25, 0.3) is 11.1 Å². The van der Waals surface area contributed by atoms with Crippen molar-refractivity contribution in [2.45, 2.75) is 32.1 Å². The normalized spacial score (nSPS) is 25.0. The van der Waals surface area contributed by atoms with Crippen LogP contribution in [-0.4, -0.2) is 18.0 Å². The monoisotopic (exact) mass is 360 g/mol. The van der Waals surface area contributed by atoms with Crippen molar-refractivity contribution in [1.82, 2.24) is 0 Å². The molecule has 140 valence electrons. The van der Waals surface area contributed by atoms with E-state index in [1.165, 1.54) is 11.1 Å². The van der Waals surface area contributed by atoms with E-state index in [1.807, 2.05) is 30.3 Å². The Labute approximate surface area is 162 Å². The summed E-state index contributed by atoms with van der Waals surface area (Å²) < 4.78 is 0. The Hall–Kier alpha value is -2.45. The summed E-state index contributed by atoms with van der Waals surface area (Å²) in [5, 5.41) is 9.95. The van der Waals surface area contributed by atoms with E-state index in [4.69, 9.17) is 0 Å². The molecule has 2 nitrogen and oxygen atoms in total. The van der Waals surface area contributed by atoms with E-state index in [0.717, 1.165) is 36.7 Å². The highest BCUT2D eigenvalue weighted by atomic mass is 16.3. The van der Waals surface area contributed by atoms with Gasteiger partial charge in [0.05, 0.1) is 6.61 Å². The summed E-state index contributed by atoms with van der Waals surface area (Å²) in [5.74, 6) is 0.773. The fraction of sp³-hybridized carbons (Fsp3) is 0.320. The van der Waals surface area contributed by atoms with Crippen LogP contribution >= 0.6 is 0 Å². The quantitative estimate of drug-likeness (QED) is 0.523. The minimum absolute atomic E-state index is 0.150. The molecule has 3 atom stereocenters. The van der Waals surface area contributed by atoms with Crippen LogP contribution in [-0.2, 0) is 0 Å². The van der Waals surface area contributed by atoms with Crippen LogP contribution in [0.3, 0.4) is 0 Å². The predicted octanol–water partition coefficient (Wildman–Crippen LogP) is 5.79. The van der Waals surface area contributed by atoms with E-state index in [9.17, 15) is 9.90 Å². The van der Waals surface area contributed by atoms with Gasteiger partial charge in [-0.15, -0.1) is 6.58 Å². The van der Waals surface area contributed by atoms with E-state index in [2.05, 4.69) is 44.3 Å². The molecule has 1 aliphatic carbocycles. The maximum Gasteiger partial charge on any atom is 0.150 e. The number of carbonyl (C=O) groups is 1. The van der Waals surface area contributed by atoms with Gasteiger partial charge in [-0.25, -0.2) is 0 Å². The summed E-state index contributed by atoms with van der Waals surface area (Å²) in [7, 11) is 0. The highest BCUT2D eigenvalue weighted by Crippen LogP contribution is 2.49. The SMILES string of the molecule is C=C[C@]1(CO)CC[C@@H](C(=C)C)[C@H](c2ccc(-c3ccc(C=O)cc3)cc2)C1. The van der Waals surface area contributed by atoms with Crippen LogP contribution in [0.2, 0.25) is 0 Å². The summed E-state index contributed by atoms with van der Waals surface area (Å²) >= 11 is 0. The second-order valence-corrected chi connectivity index (χ2v) is 7.89. The van der Waals surface area contributed by atoms with Crippen molar-refractivity contribution in [3.8, 4) is 11.1 Å². The van der Waals surface area contributed by atoms with Crippen LogP contribution < -0.4 is 0 Å². The second-order valence-electron chi connectivity index (χ2n) is 7.89. The number of hydrogen-bond donors (Lipinski definition) is 1. The minimum atomic E-state index is -0.194. The van der Waals surface area contributed by atoms with Gasteiger partial charge in [-0.1, -0.05) is 66.8 Å². The fourth-order valence-electron chi connectivity index (χ4n) is 4.34. The highest BCUT2D eigenvalue weighted by molar-refractivity contribution is 5.76. The lowest BCUT2D eigenvalue weighted by Gasteiger charge is -2.43. The zero-order chi connectivity index (χ0) is 19.4. The van der Waals surface area contributed by atoms with Gasteiger partial charge < -0.3 is 5.11 Å². The highest BCUT2D eigenvalue weighted by Gasteiger charge is 2.39. The zero-order valence-corrected chi connectivity index (χ0v) is 16.0. The Morgan fingerprint density at radius 1 is 1.15 bits per heavy atom. The number of rotatable bonds is 6. The molecule has 2 heteroatoms. The first-order valence-corrected chi connectivity index (χ1v) is 9.57. The Kier molecular flexibility index (Phi) is 5.76. The number of aldehydes is 1. The molecule has 0 bridgehead atoms. The minimum Gasteiger partial charge on any atom is -0.395 e. The Balaban J connectivity index is 1.89. The first kappa shape index (κ1) is 19.3. The average molecular weight is 360 g/mol. The first-order chi connectivity index (χ1) is 13.0. The molecule has 0 aromatic heterocycles. The summed E-state index contributed by atoms with van der Waals surface area (Å²) in [5.41, 5.74) is 5.23. The lowest BCUT2D eigenvalue weighted by atomic mass is 9.62. The van der Waals surface area contributed by atoms with E-state index in [-0.39, 0.29) is 12.0 Å². The van der Waals surface area contributed by atoms with Crippen molar-refractivity contribution in [1.29, 1.82) is 0 Å². The van der Waals surface area contributed by atoms with Crippen LogP contribution in [0.5, 0.6) is 0 Å². The topological polar surface area (TPSA) is 37.3 Å². The molecular formula is C25H28O2. The summed E-state index contributed by atoms with van der Waals surface area (Å²) in [4.78, 5) is 10.8. The molecule has 0 saturated heterocycles. The molecule has 0 aliphatic heterocycles. The Morgan fingerprint density at radius 2 is 1.74 bits per heavy atom. The summed E-state index contributed by atoms with van der Waals surface area (Å²) in [6.07, 6.45) is 5.69. The molecular weight excluding hydrogens is 332 g/mol. The van der Waals surface area contributed by atoms with Crippen LogP contribution in [0.1, 0.15) is 48.0 Å². The van der Waals surface area contributed by atoms with Crippen molar-refractivity contribution in [2.75, 3.05) is 6.61 Å². The number of allylic oxidation sites excluding steroid dienone is 1. The van der Waals surface area contributed by atoms with Gasteiger partial charge >= 0.3 is 0 Å². The van der Waals surface area contributed by atoms with Crippen molar-refractivity contribution in [2.24, 2.45) is 11.3 Å². The third-order valence-corrected chi connectivity index (χ3v) is 6.17. The van der Waals surface area contributed by atoms with Gasteiger partial charge in [0.25, 0.3) is 0 Å². The second kappa shape index (κ2) is 8.06. The largest absolute Gasteiger partial charge is 0.395 e. The van der Waals surface area contributed by atoms with Gasteiger partial charge in [-0.3, -0.25) is 4.79 Å². The van der Waals surface area contributed by atoms with Gasteiger partial charge in [0.15, 0.2) is 0 Å². The Morgan fingerprint density at radius 3 is 2.22 bits per heavy atom. The molecule has 0 amide bonds. The van der Waals surface area contributed by atoms with Crippen LogP contribution in [0, 0.1) is 11.3 Å². The van der Waals surface area contributed by atoms with Crippen molar-refractivity contribution >= 4 is 6.29 Å². The molecule has 2 aromatic carbocycles. The van der Waals surface area contributed by atoms with E-state index in [1.54, 1.807) is 0 Å². The van der Waals surface area contributed by atoms with Crippen molar-refractivity contribution in [3.63, 3.8) is 0 Å². The predicted molar refractivity (Wildman–Crippen MR) is 112 cm³/mol. The van der Waals surface area contributed by atoms with Crippen LogP contribution in [0.4, 0.5) is 0 Å². The molecule has 0 heterocycles. The van der Waals surface area contributed by atoms with Gasteiger partial charge in [0.1, 0.15) is 6.29 Å². The number of hydrogen-bond acceptors (Lipinski definition) is 2. The maximum atomic E-state index is 10.8. The van der Waals surface area contributed by atoms with E-state index < -0.39 is 0 Å². The smallest absolute Gasteiger partial charge is 0.150 e. The molecule has 1 fully saturated rings. The molecule has 1 N–H and O–H groups in total. The first-order valence-electron chi connectivity index (χ1n) is 9.57. The Bertz CT molecular complexity index is 816. The summed E-state index contributed by atoms with van der Waals surface area (Å²) in [6.45, 7) is 10.5. The lowest BCUT2D eigenvalue weighted by Crippen LogP contribution is -2.34. The molecule has 27 heavy (non-hydrogen) atoms. The lowest BCUT2D eigenvalue weighted by molar-refractivity contribution is 0.100. The fourth-order valence-corrected chi connectivity index (χ4v) is 4.34. The van der Waals surface area contributed by atoms with Crippen molar-refractivity contribution in [3.05, 3.63) is 84.5 Å². The van der Waals surface area contributed by atoms with Gasteiger partial charge in [-0.05, 0) is 54.7 Å². The molecule has 1 aliphatic rings. The molecule has 3 rings (SSSR count). The molecule has 0 radical (unpaired) electrons. The third kappa shape index (κ3) is 3.96. The van der Waals surface area contributed by atoms with Crippen molar-refractivity contribution < 1.29 is 9.90 Å². The molecule has 0 spiro atoms. The number of carbonyl (C=O) groups excluding carboxylic acids is 1. The molecule has 0 unspecified atom stereocenters. The van der Waals surface area contributed by atoms with E-state index >= 15 is 0 Å².